The number of benzene rings is 2. The highest BCUT2D eigenvalue weighted by molar-refractivity contribution is 5.92. The van der Waals surface area contributed by atoms with Gasteiger partial charge in [0.05, 0.1) is 11.9 Å². The van der Waals surface area contributed by atoms with Gasteiger partial charge in [0.2, 0.25) is 0 Å². The monoisotopic (exact) mass is 381 g/mol. The number of hydrogen-bond donors (Lipinski definition) is 2. The van der Waals surface area contributed by atoms with Gasteiger partial charge in [-0.15, -0.1) is 0 Å². The van der Waals surface area contributed by atoms with Crippen molar-refractivity contribution < 1.29 is 4.52 Å². The fourth-order valence-electron chi connectivity index (χ4n) is 3.60. The number of nitrogens with one attached hydrogen (secondary N) is 1. The predicted molar refractivity (Wildman–Crippen MR) is 112 cm³/mol. The summed E-state index contributed by atoms with van der Waals surface area (Å²) in [4.78, 5) is 4.75. The van der Waals surface area contributed by atoms with Gasteiger partial charge in [-0.25, -0.2) is 0 Å². The molecular formula is C23H19N5O. The summed E-state index contributed by atoms with van der Waals surface area (Å²) in [5.74, 6) is 0. The number of rotatable bonds is 5. The summed E-state index contributed by atoms with van der Waals surface area (Å²) in [5.41, 5.74) is 13.0. The van der Waals surface area contributed by atoms with E-state index in [2.05, 4.69) is 15.4 Å². The van der Waals surface area contributed by atoms with Crippen molar-refractivity contribution in [3.63, 3.8) is 0 Å². The molecule has 0 saturated carbocycles. The number of pyridine rings is 1. The molecule has 0 bridgehead atoms. The Balaban J connectivity index is 1.49. The molecule has 3 heterocycles. The van der Waals surface area contributed by atoms with Crippen molar-refractivity contribution in [2.24, 2.45) is 5.73 Å². The number of nitrogens with two attached hydrogens (primary N) is 1. The van der Waals surface area contributed by atoms with Gasteiger partial charge in [0.1, 0.15) is 5.69 Å². The van der Waals surface area contributed by atoms with Crippen molar-refractivity contribution >= 4 is 11.0 Å². The molecule has 0 fully saturated rings. The van der Waals surface area contributed by atoms with E-state index in [-0.39, 0.29) is 6.04 Å². The fourth-order valence-corrected chi connectivity index (χ4v) is 3.60. The molecule has 0 unspecified atom stereocenters. The molecule has 3 N–H and O–H groups in total. The van der Waals surface area contributed by atoms with Crippen molar-refractivity contribution in [3.8, 4) is 22.5 Å². The maximum absolute atomic E-state index is 6.63. The van der Waals surface area contributed by atoms with Crippen molar-refractivity contribution in [3.05, 3.63) is 90.4 Å². The van der Waals surface area contributed by atoms with Crippen LogP contribution in [-0.2, 0) is 6.42 Å². The van der Waals surface area contributed by atoms with E-state index in [4.69, 9.17) is 15.2 Å². The molecule has 0 aliphatic rings. The molecule has 3 aromatic heterocycles. The molecule has 29 heavy (non-hydrogen) atoms. The Hall–Kier alpha value is -3.77. The Kier molecular flexibility index (Phi) is 4.38. The van der Waals surface area contributed by atoms with Crippen LogP contribution in [0, 0.1) is 0 Å². The maximum atomic E-state index is 6.63. The van der Waals surface area contributed by atoms with Gasteiger partial charge in [0.25, 0.3) is 0 Å². The molecule has 5 rings (SSSR count). The molecule has 0 radical (unpaired) electrons. The van der Waals surface area contributed by atoms with Gasteiger partial charge < -0.3 is 10.3 Å². The Morgan fingerprint density at radius 3 is 2.72 bits per heavy atom. The number of aromatic nitrogens is 4. The third-order valence-corrected chi connectivity index (χ3v) is 5.02. The van der Waals surface area contributed by atoms with E-state index in [1.165, 1.54) is 0 Å². The van der Waals surface area contributed by atoms with Gasteiger partial charge >= 0.3 is 0 Å². The normalized spacial score (nSPS) is 12.3. The summed E-state index contributed by atoms with van der Waals surface area (Å²) in [7, 11) is 0. The highest BCUT2D eigenvalue weighted by Crippen LogP contribution is 2.33. The molecule has 142 valence electrons. The highest BCUT2D eigenvalue weighted by Gasteiger charge is 2.18. The first-order valence-corrected chi connectivity index (χ1v) is 9.44. The van der Waals surface area contributed by atoms with Gasteiger partial charge in [-0.05, 0) is 29.8 Å². The van der Waals surface area contributed by atoms with Crippen molar-refractivity contribution in [2.45, 2.75) is 12.5 Å². The van der Waals surface area contributed by atoms with Crippen molar-refractivity contribution in [1.29, 1.82) is 0 Å². The van der Waals surface area contributed by atoms with Crippen LogP contribution in [0.4, 0.5) is 0 Å². The number of nitrogens with zero attached hydrogens (tertiary/aromatic N) is 3. The number of fused-ring (bicyclic) bond motifs is 1. The van der Waals surface area contributed by atoms with Gasteiger partial charge in [-0.3, -0.25) is 10.1 Å². The third-order valence-electron chi connectivity index (χ3n) is 5.02. The molecule has 6 nitrogen and oxygen atoms in total. The molecule has 0 aliphatic carbocycles. The highest BCUT2D eigenvalue weighted by atomic mass is 16.5. The number of H-pyrrole nitrogens is 1. The minimum absolute atomic E-state index is 0.228. The zero-order valence-corrected chi connectivity index (χ0v) is 15.6. The predicted octanol–water partition coefficient (Wildman–Crippen LogP) is 4.52. The molecular weight excluding hydrogens is 362 g/mol. The molecule has 6 heteroatoms. The minimum Gasteiger partial charge on any atom is -0.356 e. The Morgan fingerprint density at radius 1 is 0.966 bits per heavy atom. The Morgan fingerprint density at radius 2 is 1.83 bits per heavy atom. The summed E-state index contributed by atoms with van der Waals surface area (Å²) >= 11 is 0. The van der Waals surface area contributed by atoms with Crippen LogP contribution in [-0.4, -0.2) is 20.3 Å². The quantitative estimate of drug-likeness (QED) is 0.467. The molecule has 1 atom stereocenters. The van der Waals surface area contributed by atoms with E-state index >= 15 is 0 Å². The molecule has 5 aromatic rings. The van der Waals surface area contributed by atoms with Crippen molar-refractivity contribution in [1.82, 2.24) is 20.3 Å². The zero-order valence-electron chi connectivity index (χ0n) is 15.6. The van der Waals surface area contributed by atoms with Crippen LogP contribution in [0.3, 0.4) is 0 Å². The summed E-state index contributed by atoms with van der Waals surface area (Å²) in [5, 5.41) is 12.1. The summed E-state index contributed by atoms with van der Waals surface area (Å²) in [6.45, 7) is 0. The van der Waals surface area contributed by atoms with E-state index in [0.717, 1.165) is 44.7 Å². The molecule has 0 saturated heterocycles. The van der Waals surface area contributed by atoms with Gasteiger partial charge in [-0.2, -0.15) is 5.10 Å². The van der Waals surface area contributed by atoms with E-state index in [0.29, 0.717) is 6.42 Å². The smallest absolute Gasteiger partial charge is 0.167 e. The lowest BCUT2D eigenvalue weighted by Crippen LogP contribution is -2.15. The van der Waals surface area contributed by atoms with Crippen LogP contribution in [0.1, 0.15) is 17.3 Å². The largest absolute Gasteiger partial charge is 0.356 e. The summed E-state index contributed by atoms with van der Waals surface area (Å²) < 4.78 is 5.50. The van der Waals surface area contributed by atoms with Gasteiger partial charge in [-0.1, -0.05) is 47.6 Å². The number of para-hydroxylation sites is 1. The molecule has 2 aromatic carbocycles. The van der Waals surface area contributed by atoms with E-state index in [1.54, 1.807) is 6.20 Å². The first-order chi connectivity index (χ1) is 14.3. The van der Waals surface area contributed by atoms with Crippen LogP contribution in [0.25, 0.3) is 33.5 Å². The summed E-state index contributed by atoms with van der Waals surface area (Å²) in [6, 6.07) is 21.7. The SMILES string of the molecule is N[C@@H](Cc1cccc(-c2cn[nH]c2)n1)c1ccccc1-c1noc2ccccc12. The fraction of sp³-hybridized carbons (Fsp3) is 0.0870. The lowest BCUT2D eigenvalue weighted by atomic mass is 9.94. The van der Waals surface area contributed by atoms with Crippen LogP contribution in [0.2, 0.25) is 0 Å². The topological polar surface area (TPSA) is 93.6 Å². The lowest BCUT2D eigenvalue weighted by Gasteiger charge is -2.15. The second-order valence-corrected chi connectivity index (χ2v) is 6.93. The van der Waals surface area contributed by atoms with Gasteiger partial charge in [0, 0.05) is 40.9 Å². The van der Waals surface area contributed by atoms with E-state index < -0.39 is 0 Å². The maximum Gasteiger partial charge on any atom is 0.167 e. The standard InChI is InChI=1S/C23H19N5O/c24-20(12-16-6-5-10-21(27-16)15-13-25-26-14-15)17-7-1-2-8-18(17)23-19-9-3-4-11-22(19)29-28-23/h1-11,13-14,20H,12,24H2,(H,25,26)/t20-/m0/s1. The molecule has 0 amide bonds. The third kappa shape index (κ3) is 3.30. The average molecular weight is 381 g/mol. The average Bonchev–Trinajstić information content (AvgIpc) is 3.44. The minimum atomic E-state index is -0.228. The first kappa shape index (κ1) is 17.3. The Bertz CT molecular complexity index is 1260. The second kappa shape index (κ2) is 7.33. The van der Waals surface area contributed by atoms with Crippen molar-refractivity contribution in [2.75, 3.05) is 0 Å². The Labute approximate surface area is 167 Å². The number of hydrogen-bond acceptors (Lipinski definition) is 5. The van der Waals surface area contributed by atoms with Gasteiger partial charge in [0.15, 0.2) is 5.58 Å². The summed E-state index contributed by atoms with van der Waals surface area (Å²) in [6.07, 6.45) is 4.20. The van der Waals surface area contributed by atoms with E-state index in [1.807, 2.05) is 72.9 Å². The zero-order chi connectivity index (χ0) is 19.6. The number of aromatic amines is 1. The molecule has 0 aliphatic heterocycles. The second-order valence-electron chi connectivity index (χ2n) is 6.93. The lowest BCUT2D eigenvalue weighted by molar-refractivity contribution is 0.459. The van der Waals surface area contributed by atoms with Crippen LogP contribution in [0.15, 0.2) is 83.6 Å². The van der Waals surface area contributed by atoms with Crippen LogP contribution < -0.4 is 5.73 Å². The molecule has 0 spiro atoms. The van der Waals surface area contributed by atoms with Crippen LogP contribution in [0.5, 0.6) is 0 Å². The van der Waals surface area contributed by atoms with E-state index in [9.17, 15) is 0 Å². The first-order valence-electron chi connectivity index (χ1n) is 9.44. The van der Waals surface area contributed by atoms with Crippen LogP contribution >= 0.6 is 0 Å².